The topological polar surface area (TPSA) is 169 Å². The number of halogens is 1. The third-order valence-electron chi connectivity index (χ3n) is 7.90. The van der Waals surface area contributed by atoms with E-state index in [4.69, 9.17) is 34.7 Å². The van der Waals surface area contributed by atoms with Crippen LogP contribution in [-0.2, 0) is 65.6 Å². The summed E-state index contributed by atoms with van der Waals surface area (Å²) >= 11 is 5.35. The van der Waals surface area contributed by atoms with Gasteiger partial charge in [-0.3, -0.25) is 13.8 Å². The van der Waals surface area contributed by atoms with Crippen molar-refractivity contribution in [2.45, 2.75) is 104 Å². The summed E-state index contributed by atoms with van der Waals surface area (Å²) in [7, 11) is -4.14. The molecule has 0 radical (unpaired) electrons. The van der Waals surface area contributed by atoms with Crippen molar-refractivity contribution in [3.63, 3.8) is 0 Å². The molecule has 0 heterocycles. The van der Waals surface area contributed by atoms with Crippen LogP contribution in [0.2, 0.25) is 0 Å². The molecule has 0 bridgehead atoms. The summed E-state index contributed by atoms with van der Waals surface area (Å²) in [6, 6.07) is 35.2. The molecule has 0 amide bonds. The van der Waals surface area contributed by atoms with Crippen LogP contribution < -0.4 is 0 Å². The SMILES string of the molecule is CC(C)(C)OC(=O)[C@@H](O)CCC(=O)OCc1ccc(-c2ccccc2)cc1.CC(C)(C)OC(=O)[C@H](CCC(=O)OCc1ccc(-c2ccccc2)cc1)OS(=O)(=O)CCl. The number of carbonyl (C=O) groups excluding carboxylic acids is 4. The minimum Gasteiger partial charge on any atom is -0.461 e. The van der Waals surface area contributed by atoms with Gasteiger partial charge < -0.3 is 24.1 Å². The van der Waals surface area contributed by atoms with Gasteiger partial charge in [0, 0.05) is 12.8 Å². The molecule has 14 heteroatoms. The van der Waals surface area contributed by atoms with Gasteiger partial charge in [0.2, 0.25) is 0 Å². The lowest BCUT2D eigenvalue weighted by atomic mass is 10.0. The number of hydrogen-bond acceptors (Lipinski definition) is 12. The molecule has 4 aromatic carbocycles. The van der Waals surface area contributed by atoms with E-state index in [2.05, 4.69) is 0 Å². The van der Waals surface area contributed by atoms with Gasteiger partial charge in [0.05, 0.1) is 0 Å². The van der Waals surface area contributed by atoms with Crippen molar-refractivity contribution in [1.82, 2.24) is 0 Å². The molecule has 0 saturated carbocycles. The number of carbonyl (C=O) groups is 4. The average Bonchev–Trinajstić information content (AvgIpc) is 3.20. The van der Waals surface area contributed by atoms with Crippen molar-refractivity contribution in [1.29, 1.82) is 0 Å². The summed E-state index contributed by atoms with van der Waals surface area (Å²) in [5, 5.41) is 8.95. The summed E-state index contributed by atoms with van der Waals surface area (Å²) in [6.07, 6.45) is -3.36. The van der Waals surface area contributed by atoms with Gasteiger partial charge in [-0.1, -0.05) is 109 Å². The molecule has 0 unspecified atom stereocenters. The fourth-order valence-corrected chi connectivity index (χ4v) is 5.82. The quantitative estimate of drug-likeness (QED) is 0.0468. The van der Waals surface area contributed by atoms with Crippen LogP contribution in [0.25, 0.3) is 22.3 Å². The molecule has 0 saturated heterocycles. The molecule has 1 N–H and O–H groups in total. The van der Waals surface area contributed by atoms with E-state index in [9.17, 15) is 32.7 Å². The number of ether oxygens (including phenoxy) is 4. The lowest BCUT2D eigenvalue weighted by Crippen LogP contribution is -2.35. The number of hydrogen-bond donors (Lipinski definition) is 1. The summed E-state index contributed by atoms with van der Waals surface area (Å²) in [4.78, 5) is 47.9. The van der Waals surface area contributed by atoms with Gasteiger partial charge in [0.25, 0.3) is 10.1 Å². The van der Waals surface area contributed by atoms with Crippen LogP contribution in [0.1, 0.15) is 78.4 Å². The number of alkyl halides is 1. The molecular weight excluding hydrogens is 800 g/mol. The molecule has 0 fully saturated rings. The lowest BCUT2D eigenvalue weighted by Gasteiger charge is -2.23. The molecule has 4 rings (SSSR count). The van der Waals surface area contributed by atoms with Crippen LogP contribution >= 0.6 is 11.6 Å². The van der Waals surface area contributed by atoms with Crippen LogP contribution in [-0.4, -0.2) is 66.0 Å². The first-order chi connectivity index (χ1) is 27.7. The minimum atomic E-state index is -4.14. The number of aliphatic hydroxyl groups excluding tert-OH is 1. The summed E-state index contributed by atoms with van der Waals surface area (Å²) in [5.41, 5.74) is 4.47. The first-order valence-electron chi connectivity index (χ1n) is 18.9. The standard InChI is InChI=1S/C23H27ClO7S.C22H26O5/c1-23(2,3)30-22(26)20(31-32(27,28)16-24)13-14-21(25)29-15-17-9-11-19(12-10-17)18-7-5-4-6-8-18;1-22(2,3)27-21(25)19(23)13-14-20(24)26-15-16-9-11-18(12-10-16)17-7-5-4-6-8-17/h4-12,20H,13-16H2,1-3H3;4-12,19,23H,13-15H2,1-3H3/t20-;19-/m00/s1. The number of benzene rings is 4. The van der Waals surface area contributed by atoms with Crippen molar-refractivity contribution in [3.8, 4) is 22.3 Å². The molecule has 0 aromatic heterocycles. The molecule has 0 aliphatic heterocycles. The highest BCUT2D eigenvalue weighted by molar-refractivity contribution is 7.87. The second kappa shape index (κ2) is 22.9. The summed E-state index contributed by atoms with van der Waals surface area (Å²) in [6.45, 7) is 10.3. The van der Waals surface area contributed by atoms with Gasteiger partial charge in [0.1, 0.15) is 29.6 Å². The minimum absolute atomic E-state index is 0.0271. The average molecular weight is 853 g/mol. The highest BCUT2D eigenvalue weighted by Gasteiger charge is 2.31. The number of rotatable bonds is 17. The zero-order chi connectivity index (χ0) is 43.6. The van der Waals surface area contributed by atoms with Crippen molar-refractivity contribution >= 4 is 45.6 Å². The number of esters is 4. The maximum atomic E-state index is 12.3. The molecule has 2 atom stereocenters. The predicted molar refractivity (Wildman–Crippen MR) is 224 cm³/mol. The lowest BCUT2D eigenvalue weighted by molar-refractivity contribution is -0.166. The van der Waals surface area contributed by atoms with Crippen LogP contribution in [0.3, 0.4) is 0 Å². The monoisotopic (exact) mass is 852 g/mol. The third kappa shape index (κ3) is 19.0. The molecule has 59 heavy (non-hydrogen) atoms. The van der Waals surface area contributed by atoms with E-state index in [-0.39, 0.29) is 38.9 Å². The molecule has 4 aromatic rings. The van der Waals surface area contributed by atoms with Gasteiger partial charge >= 0.3 is 23.9 Å². The van der Waals surface area contributed by atoms with Gasteiger partial charge in [-0.15, -0.1) is 11.6 Å². The highest BCUT2D eigenvalue weighted by atomic mass is 35.5. The van der Waals surface area contributed by atoms with E-state index in [1.807, 2.05) is 109 Å². The maximum Gasteiger partial charge on any atom is 0.337 e. The van der Waals surface area contributed by atoms with Crippen LogP contribution in [0, 0.1) is 0 Å². The Labute approximate surface area is 351 Å². The van der Waals surface area contributed by atoms with Crippen LogP contribution in [0.15, 0.2) is 109 Å². The van der Waals surface area contributed by atoms with E-state index in [0.29, 0.717) is 0 Å². The second-order valence-electron chi connectivity index (χ2n) is 15.4. The normalized spacial score (nSPS) is 12.5. The Morgan fingerprint density at radius 3 is 1.34 bits per heavy atom. The Balaban J connectivity index is 0.000000320. The van der Waals surface area contributed by atoms with Crippen LogP contribution in [0.5, 0.6) is 0 Å². The number of aliphatic hydroxyl groups is 1. The van der Waals surface area contributed by atoms with Gasteiger partial charge in [0.15, 0.2) is 12.2 Å². The Morgan fingerprint density at radius 2 is 0.949 bits per heavy atom. The first kappa shape index (κ1) is 48.3. The smallest absolute Gasteiger partial charge is 0.337 e. The van der Waals surface area contributed by atoms with Crippen LogP contribution in [0.4, 0.5) is 0 Å². The molecular formula is C45H53ClO12S. The maximum absolute atomic E-state index is 12.3. The molecule has 0 spiro atoms. The zero-order valence-corrected chi connectivity index (χ0v) is 35.8. The van der Waals surface area contributed by atoms with Gasteiger partial charge in [-0.05, 0) is 87.8 Å². The Bertz CT molecular complexity index is 2040. The van der Waals surface area contributed by atoms with Crippen molar-refractivity contribution in [2.24, 2.45) is 0 Å². The predicted octanol–water partition coefficient (Wildman–Crippen LogP) is 8.31. The zero-order valence-electron chi connectivity index (χ0n) is 34.2. The fraction of sp³-hybridized carbons (Fsp3) is 0.378. The molecule has 0 aliphatic carbocycles. The van der Waals surface area contributed by atoms with Gasteiger partial charge in [-0.25, -0.2) is 9.59 Å². The van der Waals surface area contributed by atoms with Crippen molar-refractivity contribution in [3.05, 3.63) is 120 Å². The third-order valence-corrected chi connectivity index (χ3v) is 9.49. The fourth-order valence-electron chi connectivity index (χ4n) is 5.09. The van der Waals surface area contributed by atoms with Crippen molar-refractivity contribution < 1.29 is 55.8 Å². The molecule has 318 valence electrons. The first-order valence-corrected chi connectivity index (χ1v) is 21.1. The summed E-state index contributed by atoms with van der Waals surface area (Å²) < 4.78 is 48.9. The van der Waals surface area contributed by atoms with E-state index in [1.54, 1.807) is 41.5 Å². The highest BCUT2D eigenvalue weighted by Crippen LogP contribution is 2.22. The Hall–Kier alpha value is -5.08. The molecule has 0 aliphatic rings. The van der Waals surface area contributed by atoms with Crippen molar-refractivity contribution in [2.75, 3.05) is 5.21 Å². The largest absolute Gasteiger partial charge is 0.461 e. The van der Waals surface area contributed by atoms with E-state index < -0.39 is 62.6 Å². The Morgan fingerprint density at radius 1 is 0.576 bits per heavy atom. The molecule has 12 nitrogen and oxygen atoms in total. The summed E-state index contributed by atoms with van der Waals surface area (Å²) in [5.74, 6) is -2.69. The second-order valence-corrected chi connectivity index (χ2v) is 17.5. The van der Waals surface area contributed by atoms with Gasteiger partial charge in [-0.2, -0.15) is 8.42 Å². The van der Waals surface area contributed by atoms with E-state index >= 15 is 0 Å². The van der Waals surface area contributed by atoms with E-state index in [0.717, 1.165) is 33.4 Å². The van der Waals surface area contributed by atoms with E-state index in [1.165, 1.54) is 0 Å². The Kier molecular flexibility index (Phi) is 18.7.